The van der Waals surface area contributed by atoms with Crippen LogP contribution in [0.25, 0.3) is 11.0 Å². The van der Waals surface area contributed by atoms with Gasteiger partial charge < -0.3 is 9.47 Å². The van der Waals surface area contributed by atoms with Gasteiger partial charge in [0.1, 0.15) is 29.3 Å². The molecule has 0 unspecified atom stereocenters. The number of hydrogen-bond acceptors (Lipinski definition) is 8. The molecule has 0 aliphatic rings. The molecule has 29 heavy (non-hydrogen) atoms. The quantitative estimate of drug-likeness (QED) is 0.553. The Hall–Kier alpha value is -3.69. The Bertz CT molecular complexity index is 1200. The maximum absolute atomic E-state index is 12.2. The van der Waals surface area contributed by atoms with Crippen molar-refractivity contribution in [3.05, 3.63) is 56.5 Å². The Kier molecular flexibility index (Phi) is 6.22. The van der Waals surface area contributed by atoms with E-state index in [1.54, 1.807) is 18.2 Å². The highest BCUT2D eigenvalue weighted by Gasteiger charge is 2.11. The molecule has 0 atom stereocenters. The van der Waals surface area contributed by atoms with Gasteiger partial charge in [-0.2, -0.15) is 20.1 Å². The topological polar surface area (TPSA) is 113 Å². The normalized spacial score (nSPS) is 10.2. The van der Waals surface area contributed by atoms with E-state index in [9.17, 15) is 4.79 Å². The number of ether oxygens (including phenoxy) is 2. The molecule has 0 saturated heterocycles. The summed E-state index contributed by atoms with van der Waals surface area (Å²) in [4.78, 5) is 17.2. The average molecular weight is 407 g/mol. The minimum absolute atomic E-state index is 0.00454. The molecular formula is C20H17N5O3S. The Morgan fingerprint density at radius 2 is 2.00 bits per heavy atom. The summed E-state index contributed by atoms with van der Waals surface area (Å²) in [5.74, 6) is 0.945. The molecule has 0 N–H and O–H groups in total. The molecule has 0 bridgehead atoms. The highest BCUT2D eigenvalue weighted by molar-refractivity contribution is 7.16. The van der Waals surface area contributed by atoms with Gasteiger partial charge in [-0.25, -0.2) is 4.98 Å². The summed E-state index contributed by atoms with van der Waals surface area (Å²) in [5, 5.41) is 22.9. The van der Waals surface area contributed by atoms with Crippen LogP contribution >= 0.6 is 11.3 Å². The second kappa shape index (κ2) is 9.00. The summed E-state index contributed by atoms with van der Waals surface area (Å²) in [5.41, 5.74) is 0.878. The summed E-state index contributed by atoms with van der Waals surface area (Å²) < 4.78 is 12.7. The first kappa shape index (κ1) is 20.1. The smallest absolute Gasteiger partial charge is 0.275 e. The van der Waals surface area contributed by atoms with Gasteiger partial charge in [0, 0.05) is 6.07 Å². The van der Waals surface area contributed by atoms with Crippen LogP contribution in [0.4, 0.5) is 0 Å². The molecule has 0 amide bonds. The second-order valence-corrected chi connectivity index (χ2v) is 6.88. The van der Waals surface area contributed by atoms with Crippen LogP contribution in [0.3, 0.4) is 0 Å². The Morgan fingerprint density at radius 3 is 2.69 bits per heavy atom. The van der Waals surface area contributed by atoms with Crippen molar-refractivity contribution in [2.24, 2.45) is 0 Å². The van der Waals surface area contributed by atoms with Crippen LogP contribution in [-0.2, 0) is 13.0 Å². The first-order chi connectivity index (χ1) is 14.1. The van der Waals surface area contributed by atoms with Gasteiger partial charge in [0.25, 0.3) is 5.56 Å². The molecule has 0 spiro atoms. The van der Waals surface area contributed by atoms with E-state index in [1.807, 2.05) is 26.0 Å². The van der Waals surface area contributed by atoms with Crippen molar-refractivity contribution in [2.45, 2.75) is 26.9 Å². The fourth-order valence-corrected chi connectivity index (χ4v) is 3.38. The number of nitrogens with zero attached hydrogens (tertiary/aromatic N) is 5. The average Bonchev–Trinajstić information content (AvgIpc) is 3.15. The molecule has 3 aromatic rings. The number of aromatic nitrogens is 3. The zero-order valence-electron chi connectivity index (χ0n) is 15.9. The molecular weight excluding hydrogens is 390 g/mol. The molecule has 9 heteroatoms. The molecule has 0 aliphatic heterocycles. The highest BCUT2D eigenvalue weighted by Crippen LogP contribution is 2.30. The molecule has 0 fully saturated rings. The van der Waals surface area contributed by atoms with Gasteiger partial charge in [-0.15, -0.1) is 0 Å². The summed E-state index contributed by atoms with van der Waals surface area (Å²) in [7, 11) is 0. The van der Waals surface area contributed by atoms with Crippen molar-refractivity contribution < 1.29 is 9.47 Å². The van der Waals surface area contributed by atoms with Gasteiger partial charge in [-0.1, -0.05) is 24.3 Å². The van der Waals surface area contributed by atoms with E-state index < -0.39 is 0 Å². The van der Waals surface area contributed by atoms with Crippen LogP contribution in [0.15, 0.2) is 34.6 Å². The van der Waals surface area contributed by atoms with Crippen molar-refractivity contribution in [1.82, 2.24) is 14.6 Å². The number of allylic oxidation sites excluding steroid dienone is 1. The van der Waals surface area contributed by atoms with Crippen molar-refractivity contribution in [3.8, 4) is 23.6 Å². The number of aryl methyl sites for hydroxylation is 1. The van der Waals surface area contributed by atoms with Gasteiger partial charge in [-0.05, 0) is 37.1 Å². The number of nitriles is 2. The predicted octanol–water partition coefficient (Wildman–Crippen LogP) is 3.12. The van der Waals surface area contributed by atoms with Crippen LogP contribution in [-0.4, -0.2) is 21.2 Å². The van der Waals surface area contributed by atoms with Gasteiger partial charge in [0.15, 0.2) is 11.5 Å². The van der Waals surface area contributed by atoms with Crippen molar-refractivity contribution in [2.75, 3.05) is 6.61 Å². The van der Waals surface area contributed by atoms with Crippen molar-refractivity contribution in [1.29, 1.82) is 10.5 Å². The van der Waals surface area contributed by atoms with E-state index in [4.69, 9.17) is 20.0 Å². The molecule has 3 rings (SSSR count). The zero-order valence-corrected chi connectivity index (χ0v) is 16.7. The maximum atomic E-state index is 12.2. The fraction of sp³-hybridized carbons (Fsp3) is 0.250. The van der Waals surface area contributed by atoms with Crippen molar-refractivity contribution in [3.63, 3.8) is 0 Å². The van der Waals surface area contributed by atoms with Gasteiger partial charge in [-0.3, -0.25) is 4.79 Å². The first-order valence-corrected chi connectivity index (χ1v) is 9.69. The molecule has 146 valence electrons. The Morgan fingerprint density at radius 1 is 1.21 bits per heavy atom. The van der Waals surface area contributed by atoms with Crippen LogP contribution in [0.2, 0.25) is 0 Å². The van der Waals surface area contributed by atoms with E-state index in [0.29, 0.717) is 34.3 Å². The Balaban J connectivity index is 1.85. The highest BCUT2D eigenvalue weighted by atomic mass is 32.1. The van der Waals surface area contributed by atoms with Crippen molar-refractivity contribution >= 4 is 22.4 Å². The number of rotatable bonds is 7. The van der Waals surface area contributed by atoms with Gasteiger partial charge in [0.05, 0.1) is 12.3 Å². The molecule has 8 nitrogen and oxygen atoms in total. The lowest BCUT2D eigenvalue weighted by Crippen LogP contribution is -2.16. The molecule has 0 saturated carbocycles. The minimum atomic E-state index is -0.254. The summed E-state index contributed by atoms with van der Waals surface area (Å²) in [6, 6.07) is 10.1. The van der Waals surface area contributed by atoms with Crippen LogP contribution < -0.4 is 15.0 Å². The number of fused-ring (bicyclic) bond motifs is 1. The van der Waals surface area contributed by atoms with Crippen LogP contribution in [0, 0.1) is 22.7 Å². The third-order valence-corrected chi connectivity index (χ3v) is 4.89. The fourth-order valence-electron chi connectivity index (χ4n) is 2.52. The molecule has 0 radical (unpaired) electrons. The van der Waals surface area contributed by atoms with E-state index in [-0.39, 0.29) is 17.7 Å². The predicted molar refractivity (Wildman–Crippen MR) is 108 cm³/mol. The lowest BCUT2D eigenvalue weighted by Gasteiger charge is -2.12. The lowest BCUT2D eigenvalue weighted by atomic mass is 10.1. The Labute approximate surface area is 170 Å². The summed E-state index contributed by atoms with van der Waals surface area (Å²) >= 11 is 1.37. The molecule has 2 heterocycles. The van der Waals surface area contributed by atoms with E-state index in [1.165, 1.54) is 28.0 Å². The summed E-state index contributed by atoms with van der Waals surface area (Å²) in [6.45, 7) is 4.31. The minimum Gasteiger partial charge on any atom is -0.490 e. The van der Waals surface area contributed by atoms with E-state index >= 15 is 0 Å². The third kappa shape index (κ3) is 4.60. The van der Waals surface area contributed by atoms with Crippen LogP contribution in [0.5, 0.6) is 11.5 Å². The number of benzene rings is 1. The SMILES string of the molecule is CCOc1cc(C=C(C#N)C#N)ccc1OCc1cc(=O)n2nc(CC)sc2n1. The third-order valence-electron chi connectivity index (χ3n) is 3.84. The van der Waals surface area contributed by atoms with Crippen LogP contribution in [0.1, 0.15) is 30.1 Å². The number of hydrogen-bond donors (Lipinski definition) is 0. The standard InChI is InChI=1S/C20H17N5O3S/c1-3-18-24-25-19(26)9-15(23-20(25)29-18)12-28-16-6-5-13(7-14(10-21)11-22)8-17(16)27-4-2/h5-9H,3-4,12H2,1-2H3. The maximum Gasteiger partial charge on any atom is 0.275 e. The molecule has 1 aromatic carbocycles. The van der Waals surface area contributed by atoms with E-state index in [0.717, 1.165) is 11.4 Å². The summed E-state index contributed by atoms with van der Waals surface area (Å²) in [6.07, 6.45) is 2.20. The lowest BCUT2D eigenvalue weighted by molar-refractivity contribution is 0.266. The van der Waals surface area contributed by atoms with E-state index in [2.05, 4.69) is 10.1 Å². The zero-order chi connectivity index (χ0) is 20.8. The van der Waals surface area contributed by atoms with Gasteiger partial charge >= 0.3 is 0 Å². The first-order valence-electron chi connectivity index (χ1n) is 8.88. The molecule has 0 aliphatic carbocycles. The second-order valence-electron chi connectivity index (χ2n) is 5.84. The largest absolute Gasteiger partial charge is 0.490 e. The van der Waals surface area contributed by atoms with Gasteiger partial charge in [0.2, 0.25) is 4.96 Å². The monoisotopic (exact) mass is 407 g/mol. The molecule has 2 aromatic heterocycles.